The van der Waals surface area contributed by atoms with E-state index in [0.29, 0.717) is 12.3 Å². The molecule has 0 radical (unpaired) electrons. The summed E-state index contributed by atoms with van der Waals surface area (Å²) in [6, 6.07) is 0. The zero-order valence-electron chi connectivity index (χ0n) is 14.1. The normalized spacial score (nSPS) is 12.9. The van der Waals surface area contributed by atoms with Gasteiger partial charge < -0.3 is 15.7 Å². The number of amides is 2. The van der Waals surface area contributed by atoms with Crippen molar-refractivity contribution in [3.8, 4) is 0 Å². The second-order valence-corrected chi connectivity index (χ2v) is 7.58. The summed E-state index contributed by atoms with van der Waals surface area (Å²) in [6.07, 6.45) is -0.959. The van der Waals surface area contributed by atoms with Gasteiger partial charge in [-0.2, -0.15) is 0 Å². The maximum Gasteiger partial charge on any atom is 0.249 e. The van der Waals surface area contributed by atoms with E-state index >= 15 is 0 Å². The van der Waals surface area contributed by atoms with Crippen molar-refractivity contribution in [1.82, 2.24) is 10.6 Å². The predicted molar refractivity (Wildman–Crippen MR) is 88.4 cm³/mol. The monoisotopic (exact) mass is 332 g/mol. The molecule has 0 aliphatic rings. The van der Waals surface area contributed by atoms with Crippen molar-refractivity contribution in [2.75, 3.05) is 18.8 Å². The molecule has 7 heteroatoms. The Kier molecular flexibility index (Phi) is 9.36. The van der Waals surface area contributed by atoms with Crippen LogP contribution in [0.2, 0.25) is 0 Å². The van der Waals surface area contributed by atoms with Crippen molar-refractivity contribution in [2.45, 2.75) is 47.1 Å². The fourth-order valence-electron chi connectivity index (χ4n) is 1.39. The van der Waals surface area contributed by atoms with Gasteiger partial charge in [-0.05, 0) is 5.41 Å². The van der Waals surface area contributed by atoms with Gasteiger partial charge in [0.1, 0.15) is 6.10 Å². The van der Waals surface area contributed by atoms with Gasteiger partial charge in [0, 0.05) is 31.2 Å². The first-order valence-electron chi connectivity index (χ1n) is 7.44. The van der Waals surface area contributed by atoms with Crippen LogP contribution >= 0.6 is 11.8 Å². The van der Waals surface area contributed by atoms with E-state index in [9.17, 15) is 19.5 Å². The highest BCUT2D eigenvalue weighted by atomic mass is 32.2. The SMILES string of the molecule is CC(C)C(=O)SCCNC(=O)CCNC(=O)[C@H](O)C(C)(C)C. The summed E-state index contributed by atoms with van der Waals surface area (Å²) in [7, 11) is 0. The lowest BCUT2D eigenvalue weighted by atomic mass is 9.89. The average Bonchev–Trinajstić information content (AvgIpc) is 2.41. The van der Waals surface area contributed by atoms with Crippen LogP contribution in [0, 0.1) is 11.3 Å². The third-order valence-electron chi connectivity index (χ3n) is 2.86. The van der Waals surface area contributed by atoms with E-state index in [1.807, 2.05) is 13.8 Å². The van der Waals surface area contributed by atoms with Gasteiger partial charge in [0.2, 0.25) is 11.8 Å². The summed E-state index contributed by atoms with van der Waals surface area (Å²) in [5.74, 6) is -0.135. The van der Waals surface area contributed by atoms with Gasteiger partial charge in [0.25, 0.3) is 0 Å². The fourth-order valence-corrected chi connectivity index (χ4v) is 2.12. The molecule has 0 aliphatic carbocycles. The number of rotatable bonds is 8. The first-order chi connectivity index (χ1) is 10.1. The second-order valence-electron chi connectivity index (χ2n) is 6.48. The van der Waals surface area contributed by atoms with Crippen molar-refractivity contribution in [3.63, 3.8) is 0 Å². The van der Waals surface area contributed by atoms with Crippen LogP contribution in [0.4, 0.5) is 0 Å². The molecule has 0 bridgehead atoms. The van der Waals surface area contributed by atoms with Gasteiger partial charge in [0.15, 0.2) is 5.12 Å². The Bertz CT molecular complexity index is 391. The number of carbonyl (C=O) groups excluding carboxylic acids is 3. The standard InChI is InChI=1S/C15H28N2O4S/c1-10(2)14(21)22-9-8-16-11(18)6-7-17-13(20)12(19)15(3,4)5/h10,12,19H,6-9H2,1-5H3,(H,16,18)(H,17,20)/t12-/m0/s1. The van der Waals surface area contributed by atoms with E-state index in [0.717, 1.165) is 0 Å². The van der Waals surface area contributed by atoms with Gasteiger partial charge in [-0.15, -0.1) is 0 Å². The molecule has 0 spiro atoms. The minimum absolute atomic E-state index is 0.00911. The highest BCUT2D eigenvalue weighted by Gasteiger charge is 2.28. The van der Waals surface area contributed by atoms with Crippen molar-refractivity contribution < 1.29 is 19.5 Å². The number of hydrogen-bond acceptors (Lipinski definition) is 5. The van der Waals surface area contributed by atoms with E-state index in [-0.39, 0.29) is 29.9 Å². The highest BCUT2D eigenvalue weighted by molar-refractivity contribution is 8.13. The minimum Gasteiger partial charge on any atom is -0.383 e. The Morgan fingerprint density at radius 1 is 1.09 bits per heavy atom. The van der Waals surface area contributed by atoms with Gasteiger partial charge in [0.05, 0.1) is 0 Å². The maximum absolute atomic E-state index is 11.6. The summed E-state index contributed by atoms with van der Waals surface area (Å²) in [6.45, 7) is 9.56. The molecule has 0 saturated heterocycles. The number of carbonyl (C=O) groups is 3. The molecular formula is C15H28N2O4S. The maximum atomic E-state index is 11.6. The third kappa shape index (κ3) is 9.04. The van der Waals surface area contributed by atoms with E-state index in [1.165, 1.54) is 11.8 Å². The topological polar surface area (TPSA) is 95.5 Å². The van der Waals surface area contributed by atoms with E-state index in [4.69, 9.17) is 0 Å². The summed E-state index contributed by atoms with van der Waals surface area (Å²) in [5.41, 5.74) is -0.535. The Labute approximate surface area is 136 Å². The van der Waals surface area contributed by atoms with Gasteiger partial charge in [-0.3, -0.25) is 14.4 Å². The molecule has 0 saturated carbocycles. The van der Waals surface area contributed by atoms with Crippen molar-refractivity contribution in [1.29, 1.82) is 0 Å². The number of aliphatic hydroxyl groups is 1. The first kappa shape index (κ1) is 20.9. The van der Waals surface area contributed by atoms with Gasteiger partial charge in [-0.1, -0.05) is 46.4 Å². The lowest BCUT2D eigenvalue weighted by molar-refractivity contribution is -0.134. The van der Waals surface area contributed by atoms with Crippen LogP contribution in [0.5, 0.6) is 0 Å². The molecule has 0 aromatic carbocycles. The van der Waals surface area contributed by atoms with Crippen molar-refractivity contribution in [3.05, 3.63) is 0 Å². The van der Waals surface area contributed by atoms with E-state index in [1.54, 1.807) is 20.8 Å². The van der Waals surface area contributed by atoms with E-state index < -0.39 is 17.4 Å². The summed E-state index contributed by atoms with van der Waals surface area (Å²) in [5, 5.41) is 15.1. The largest absolute Gasteiger partial charge is 0.383 e. The zero-order chi connectivity index (χ0) is 17.3. The van der Waals surface area contributed by atoms with Crippen LogP contribution < -0.4 is 10.6 Å². The Balaban J connectivity index is 3.79. The number of hydrogen-bond donors (Lipinski definition) is 3. The molecule has 0 aromatic rings. The molecule has 6 nitrogen and oxygen atoms in total. The molecule has 2 amide bonds. The van der Waals surface area contributed by atoms with Crippen molar-refractivity contribution in [2.24, 2.45) is 11.3 Å². The van der Waals surface area contributed by atoms with Crippen LogP contribution in [0.25, 0.3) is 0 Å². The van der Waals surface area contributed by atoms with Gasteiger partial charge >= 0.3 is 0 Å². The number of aliphatic hydroxyl groups excluding tert-OH is 1. The smallest absolute Gasteiger partial charge is 0.249 e. The summed E-state index contributed by atoms with van der Waals surface area (Å²) >= 11 is 1.21. The Morgan fingerprint density at radius 2 is 1.68 bits per heavy atom. The van der Waals surface area contributed by atoms with Crippen LogP contribution in [-0.2, 0) is 14.4 Å². The number of nitrogens with one attached hydrogen (secondary N) is 2. The molecule has 0 rings (SSSR count). The second kappa shape index (κ2) is 9.84. The number of thioether (sulfide) groups is 1. The molecule has 128 valence electrons. The first-order valence-corrected chi connectivity index (χ1v) is 8.43. The molecule has 0 aromatic heterocycles. The Morgan fingerprint density at radius 3 is 2.18 bits per heavy atom. The zero-order valence-corrected chi connectivity index (χ0v) is 14.9. The molecule has 3 N–H and O–H groups in total. The van der Waals surface area contributed by atoms with Crippen LogP contribution in [0.15, 0.2) is 0 Å². The van der Waals surface area contributed by atoms with Crippen molar-refractivity contribution >= 4 is 28.7 Å². The van der Waals surface area contributed by atoms with Crippen LogP contribution in [0.3, 0.4) is 0 Å². The lowest BCUT2D eigenvalue weighted by Gasteiger charge is -2.24. The molecule has 0 aliphatic heterocycles. The average molecular weight is 332 g/mol. The van der Waals surface area contributed by atoms with Crippen LogP contribution in [0.1, 0.15) is 41.0 Å². The molecule has 0 unspecified atom stereocenters. The van der Waals surface area contributed by atoms with Crippen LogP contribution in [-0.4, -0.2) is 47.0 Å². The quantitative estimate of drug-likeness (QED) is 0.575. The molecular weight excluding hydrogens is 304 g/mol. The van der Waals surface area contributed by atoms with E-state index in [2.05, 4.69) is 10.6 Å². The Hall–Kier alpha value is -1.08. The minimum atomic E-state index is -1.10. The molecule has 1 atom stereocenters. The lowest BCUT2D eigenvalue weighted by Crippen LogP contribution is -2.43. The summed E-state index contributed by atoms with van der Waals surface area (Å²) in [4.78, 5) is 34.5. The molecule has 0 heterocycles. The molecule has 0 fully saturated rings. The fraction of sp³-hybridized carbons (Fsp3) is 0.800. The predicted octanol–water partition coefficient (Wildman–Crippen LogP) is 0.932. The summed E-state index contributed by atoms with van der Waals surface area (Å²) < 4.78 is 0. The highest BCUT2D eigenvalue weighted by Crippen LogP contribution is 2.18. The third-order valence-corrected chi connectivity index (χ3v) is 4.02. The molecule has 22 heavy (non-hydrogen) atoms. The van der Waals surface area contributed by atoms with Gasteiger partial charge in [-0.25, -0.2) is 0 Å².